The Morgan fingerprint density at radius 1 is 1.17 bits per heavy atom. The SMILES string of the molecule is COc1ccc(C2(C)NC(=O)N(CC(=O)NC3CCCc4c3cnn4Cc3ccccc3)C2=O)cc1. The number of amides is 4. The number of hydrogen-bond acceptors (Lipinski definition) is 5. The van der Waals surface area contributed by atoms with Crippen LogP contribution < -0.4 is 15.4 Å². The van der Waals surface area contributed by atoms with E-state index in [-0.39, 0.29) is 18.5 Å². The Bertz CT molecular complexity index is 1290. The van der Waals surface area contributed by atoms with Gasteiger partial charge in [-0.15, -0.1) is 0 Å². The molecule has 2 unspecified atom stereocenters. The van der Waals surface area contributed by atoms with Gasteiger partial charge in [0.1, 0.15) is 17.8 Å². The summed E-state index contributed by atoms with van der Waals surface area (Å²) >= 11 is 0. The summed E-state index contributed by atoms with van der Waals surface area (Å²) in [6.07, 6.45) is 4.40. The first-order valence-corrected chi connectivity index (χ1v) is 12.1. The predicted octanol–water partition coefficient (Wildman–Crippen LogP) is 2.90. The summed E-state index contributed by atoms with van der Waals surface area (Å²) in [5.74, 6) is -0.201. The van der Waals surface area contributed by atoms with Crippen LogP contribution in [0.4, 0.5) is 4.79 Å². The lowest BCUT2D eigenvalue weighted by molar-refractivity contribution is -0.135. The van der Waals surface area contributed by atoms with Gasteiger partial charge in [0.25, 0.3) is 5.91 Å². The Kier molecular flexibility index (Phi) is 6.22. The van der Waals surface area contributed by atoms with E-state index in [1.54, 1.807) is 38.3 Å². The van der Waals surface area contributed by atoms with Crippen molar-refractivity contribution < 1.29 is 19.1 Å². The maximum absolute atomic E-state index is 13.2. The number of rotatable bonds is 7. The third-order valence-corrected chi connectivity index (χ3v) is 7.02. The van der Waals surface area contributed by atoms with Crippen molar-refractivity contribution in [1.29, 1.82) is 0 Å². The van der Waals surface area contributed by atoms with Crippen molar-refractivity contribution in [3.63, 3.8) is 0 Å². The smallest absolute Gasteiger partial charge is 0.325 e. The molecule has 9 nitrogen and oxygen atoms in total. The van der Waals surface area contributed by atoms with E-state index in [2.05, 4.69) is 27.9 Å². The quantitative estimate of drug-likeness (QED) is 0.499. The summed E-state index contributed by atoms with van der Waals surface area (Å²) < 4.78 is 7.16. The standard InChI is InChI=1S/C27H29N5O4/c1-27(19-11-13-20(36-2)14-12-19)25(34)31(26(35)30-27)17-24(33)29-22-9-6-10-23-21(22)15-28-32(23)16-18-7-4-3-5-8-18/h3-5,7-8,11-15,22H,6,9-10,16-17H2,1-2H3,(H,29,33)(H,30,35). The highest BCUT2D eigenvalue weighted by Crippen LogP contribution is 2.32. The highest BCUT2D eigenvalue weighted by atomic mass is 16.5. The van der Waals surface area contributed by atoms with Gasteiger partial charge in [-0.2, -0.15) is 5.10 Å². The van der Waals surface area contributed by atoms with Crippen LogP contribution in [0.5, 0.6) is 5.75 Å². The summed E-state index contributed by atoms with van der Waals surface area (Å²) in [5, 5.41) is 10.3. The fraction of sp³-hybridized carbons (Fsp3) is 0.333. The van der Waals surface area contributed by atoms with Crippen LogP contribution in [0.25, 0.3) is 0 Å². The molecule has 36 heavy (non-hydrogen) atoms. The Hall–Kier alpha value is -4.14. The molecule has 1 saturated heterocycles. The fourth-order valence-electron chi connectivity index (χ4n) is 5.01. The number of carbonyl (C=O) groups is 3. The molecule has 2 aliphatic rings. The van der Waals surface area contributed by atoms with Gasteiger partial charge < -0.3 is 15.4 Å². The molecule has 0 radical (unpaired) electrons. The first-order chi connectivity index (χ1) is 17.4. The van der Waals surface area contributed by atoms with Gasteiger partial charge in [-0.05, 0) is 49.4 Å². The fourth-order valence-corrected chi connectivity index (χ4v) is 5.01. The predicted molar refractivity (Wildman–Crippen MR) is 132 cm³/mol. The molecule has 186 valence electrons. The molecule has 3 aromatic rings. The molecule has 2 atom stereocenters. The molecule has 9 heteroatoms. The van der Waals surface area contributed by atoms with Gasteiger partial charge in [-0.3, -0.25) is 19.2 Å². The molecular weight excluding hydrogens is 458 g/mol. The van der Waals surface area contributed by atoms with E-state index in [0.29, 0.717) is 17.9 Å². The molecule has 2 aromatic carbocycles. The lowest BCUT2D eigenvalue weighted by Crippen LogP contribution is -2.44. The van der Waals surface area contributed by atoms with Crippen molar-refractivity contribution in [3.05, 3.63) is 83.2 Å². The van der Waals surface area contributed by atoms with Crippen LogP contribution in [0, 0.1) is 0 Å². The van der Waals surface area contributed by atoms with E-state index in [9.17, 15) is 14.4 Å². The average molecular weight is 488 g/mol. The van der Waals surface area contributed by atoms with Crippen molar-refractivity contribution in [1.82, 2.24) is 25.3 Å². The van der Waals surface area contributed by atoms with Gasteiger partial charge in [0, 0.05) is 11.3 Å². The van der Waals surface area contributed by atoms with E-state index in [1.165, 1.54) is 0 Å². The normalized spacial score (nSPS) is 21.2. The second kappa shape index (κ2) is 9.49. The number of urea groups is 1. The zero-order valence-electron chi connectivity index (χ0n) is 20.4. The van der Waals surface area contributed by atoms with Crippen molar-refractivity contribution >= 4 is 17.8 Å². The Balaban J connectivity index is 1.26. The molecule has 0 bridgehead atoms. The van der Waals surface area contributed by atoms with Crippen LogP contribution >= 0.6 is 0 Å². The van der Waals surface area contributed by atoms with E-state index in [1.807, 2.05) is 29.1 Å². The van der Waals surface area contributed by atoms with Crippen LogP contribution in [0.1, 0.15) is 48.2 Å². The molecule has 2 N–H and O–H groups in total. The van der Waals surface area contributed by atoms with E-state index < -0.39 is 17.5 Å². The van der Waals surface area contributed by atoms with E-state index >= 15 is 0 Å². The average Bonchev–Trinajstić information content (AvgIpc) is 3.39. The van der Waals surface area contributed by atoms with Crippen molar-refractivity contribution in [2.24, 2.45) is 0 Å². The van der Waals surface area contributed by atoms with Gasteiger partial charge in [-0.1, -0.05) is 42.5 Å². The molecule has 1 aromatic heterocycles. The minimum atomic E-state index is -1.25. The number of nitrogens with zero attached hydrogens (tertiary/aromatic N) is 3. The number of benzene rings is 2. The molecule has 0 spiro atoms. The minimum absolute atomic E-state index is 0.209. The molecule has 1 aliphatic carbocycles. The Morgan fingerprint density at radius 2 is 1.92 bits per heavy atom. The molecule has 4 amide bonds. The third kappa shape index (κ3) is 4.32. The largest absolute Gasteiger partial charge is 0.497 e. The first kappa shape index (κ1) is 23.6. The zero-order chi connectivity index (χ0) is 25.3. The topological polar surface area (TPSA) is 106 Å². The van der Waals surface area contributed by atoms with Gasteiger partial charge >= 0.3 is 6.03 Å². The molecule has 1 aliphatic heterocycles. The second-order valence-corrected chi connectivity index (χ2v) is 9.38. The zero-order valence-corrected chi connectivity index (χ0v) is 20.4. The van der Waals surface area contributed by atoms with Crippen molar-refractivity contribution in [3.8, 4) is 5.75 Å². The summed E-state index contributed by atoms with van der Waals surface area (Å²) in [6.45, 7) is 1.96. The number of carbonyl (C=O) groups excluding carboxylic acids is 3. The van der Waals surface area contributed by atoms with Gasteiger partial charge in [-0.25, -0.2) is 4.79 Å². The summed E-state index contributed by atoms with van der Waals surface area (Å²) in [5.41, 5.74) is 2.63. The van der Waals surface area contributed by atoms with Crippen LogP contribution in [-0.2, 0) is 28.1 Å². The molecule has 1 fully saturated rings. The van der Waals surface area contributed by atoms with Gasteiger partial charge in [0.15, 0.2) is 0 Å². The number of ether oxygens (including phenoxy) is 1. The summed E-state index contributed by atoms with van der Waals surface area (Å²) in [6, 6.07) is 16.2. The maximum atomic E-state index is 13.2. The summed E-state index contributed by atoms with van der Waals surface area (Å²) in [7, 11) is 1.56. The van der Waals surface area contributed by atoms with Crippen molar-refractivity contribution in [2.45, 2.75) is 44.3 Å². The van der Waals surface area contributed by atoms with E-state index in [0.717, 1.165) is 41.0 Å². The highest BCUT2D eigenvalue weighted by Gasteiger charge is 2.49. The van der Waals surface area contributed by atoms with Crippen LogP contribution in [0.15, 0.2) is 60.8 Å². The first-order valence-electron chi connectivity index (χ1n) is 12.1. The molecule has 5 rings (SSSR count). The van der Waals surface area contributed by atoms with Crippen LogP contribution in [0.3, 0.4) is 0 Å². The lowest BCUT2D eigenvalue weighted by atomic mass is 9.92. The highest BCUT2D eigenvalue weighted by molar-refractivity contribution is 6.09. The number of fused-ring (bicyclic) bond motifs is 1. The van der Waals surface area contributed by atoms with Gasteiger partial charge in [0.05, 0.1) is 25.9 Å². The number of hydrogen-bond donors (Lipinski definition) is 2. The van der Waals surface area contributed by atoms with Crippen LogP contribution in [-0.4, -0.2) is 46.2 Å². The van der Waals surface area contributed by atoms with Crippen molar-refractivity contribution in [2.75, 3.05) is 13.7 Å². The van der Waals surface area contributed by atoms with Gasteiger partial charge in [0.2, 0.25) is 5.91 Å². The summed E-state index contributed by atoms with van der Waals surface area (Å²) in [4.78, 5) is 39.8. The minimum Gasteiger partial charge on any atom is -0.497 e. The second-order valence-electron chi connectivity index (χ2n) is 9.38. The van der Waals surface area contributed by atoms with Crippen LogP contribution in [0.2, 0.25) is 0 Å². The maximum Gasteiger partial charge on any atom is 0.325 e. The Morgan fingerprint density at radius 3 is 2.64 bits per heavy atom. The van der Waals surface area contributed by atoms with E-state index in [4.69, 9.17) is 4.74 Å². The number of aromatic nitrogens is 2. The number of nitrogens with one attached hydrogen (secondary N) is 2. The Labute approximate surface area is 209 Å². The molecule has 2 heterocycles. The lowest BCUT2D eigenvalue weighted by Gasteiger charge is -2.25. The molecular formula is C27H29N5O4. The number of imide groups is 1. The number of methoxy groups -OCH3 is 1. The third-order valence-electron chi connectivity index (χ3n) is 7.02. The molecule has 0 saturated carbocycles. The monoisotopic (exact) mass is 487 g/mol.